The molecule has 2 aliphatic rings. The van der Waals surface area contributed by atoms with Crippen molar-refractivity contribution in [3.8, 4) is 22.3 Å². The van der Waals surface area contributed by atoms with Crippen molar-refractivity contribution >= 4 is 57.2 Å². The molecule has 2 nitrogen and oxygen atoms in total. The van der Waals surface area contributed by atoms with Crippen LogP contribution in [0.2, 0.25) is 0 Å². The normalized spacial score (nSPS) is 13.4. The van der Waals surface area contributed by atoms with Gasteiger partial charge in [0.1, 0.15) is 0 Å². The standard InChI is InChI=1S/C51H47BN2/c1-34-30-46-48-47(31-34)54(49-40(35-18-11-8-12-19-35)24-17-25-41(49)36-20-13-9-14-21-36)45-29-27-38(51(5,6)7)33-43(45)52(48)42-32-37(50(2,3)4)26-28-44(42)53(46)39-22-15-10-16-23-39/h8-33H,1-7H3. The summed E-state index contributed by atoms with van der Waals surface area (Å²) in [5, 5.41) is 0. The van der Waals surface area contributed by atoms with E-state index in [0.717, 1.165) is 0 Å². The van der Waals surface area contributed by atoms with Gasteiger partial charge >= 0.3 is 0 Å². The van der Waals surface area contributed by atoms with Crippen LogP contribution in [0, 0.1) is 6.92 Å². The first-order valence-electron chi connectivity index (χ1n) is 19.3. The molecule has 264 valence electrons. The number of anilines is 6. The summed E-state index contributed by atoms with van der Waals surface area (Å²) < 4.78 is 0. The first-order chi connectivity index (χ1) is 26.0. The molecule has 2 aliphatic heterocycles. The van der Waals surface area contributed by atoms with E-state index < -0.39 is 0 Å². The lowest BCUT2D eigenvalue weighted by Crippen LogP contribution is -2.61. The van der Waals surface area contributed by atoms with E-state index in [4.69, 9.17) is 0 Å². The predicted molar refractivity (Wildman–Crippen MR) is 233 cm³/mol. The second-order valence-corrected chi connectivity index (χ2v) is 17.1. The van der Waals surface area contributed by atoms with Gasteiger partial charge in [-0.15, -0.1) is 0 Å². The van der Waals surface area contributed by atoms with Crippen molar-refractivity contribution in [1.82, 2.24) is 0 Å². The summed E-state index contributed by atoms with van der Waals surface area (Å²) in [7, 11) is 0. The predicted octanol–water partition coefficient (Wildman–Crippen LogP) is 12.0. The molecule has 0 spiro atoms. The monoisotopic (exact) mass is 698 g/mol. The van der Waals surface area contributed by atoms with E-state index in [0.29, 0.717) is 0 Å². The van der Waals surface area contributed by atoms with Gasteiger partial charge in [-0.25, -0.2) is 0 Å². The highest BCUT2D eigenvalue weighted by Gasteiger charge is 2.45. The van der Waals surface area contributed by atoms with Gasteiger partial charge in [0.05, 0.1) is 5.69 Å². The summed E-state index contributed by atoms with van der Waals surface area (Å²) >= 11 is 0. The molecule has 0 radical (unpaired) electrons. The second-order valence-electron chi connectivity index (χ2n) is 17.1. The Morgan fingerprint density at radius 3 is 1.35 bits per heavy atom. The quantitative estimate of drug-likeness (QED) is 0.169. The zero-order valence-electron chi connectivity index (χ0n) is 32.5. The maximum absolute atomic E-state index is 2.61. The number of para-hydroxylation sites is 2. The summed E-state index contributed by atoms with van der Waals surface area (Å²) in [5.41, 5.74) is 20.1. The zero-order chi connectivity index (χ0) is 37.4. The van der Waals surface area contributed by atoms with Crippen molar-refractivity contribution in [2.45, 2.75) is 59.3 Å². The maximum atomic E-state index is 2.61. The van der Waals surface area contributed by atoms with E-state index in [1.54, 1.807) is 0 Å². The SMILES string of the molecule is Cc1cc2c3c(c1)N(c1c(-c4ccccc4)cccc1-c1ccccc1)c1ccc(C(C)(C)C)cc1B3c1cc(C(C)(C)C)ccc1N2c1ccccc1. The molecule has 7 aromatic rings. The first-order valence-corrected chi connectivity index (χ1v) is 19.3. The Balaban J connectivity index is 1.44. The van der Waals surface area contributed by atoms with Gasteiger partial charge in [0.2, 0.25) is 0 Å². The van der Waals surface area contributed by atoms with Crippen molar-refractivity contribution < 1.29 is 0 Å². The average molecular weight is 699 g/mol. The van der Waals surface area contributed by atoms with Gasteiger partial charge in [-0.1, -0.05) is 163 Å². The lowest BCUT2D eigenvalue weighted by Gasteiger charge is -2.45. The van der Waals surface area contributed by atoms with Crippen LogP contribution in [0.3, 0.4) is 0 Å². The molecule has 0 atom stereocenters. The van der Waals surface area contributed by atoms with Gasteiger partial charge in [0, 0.05) is 39.6 Å². The average Bonchev–Trinajstić information content (AvgIpc) is 3.17. The third kappa shape index (κ3) is 5.57. The number of hydrogen-bond donors (Lipinski definition) is 0. The fourth-order valence-electron chi connectivity index (χ4n) is 8.66. The molecular weight excluding hydrogens is 651 g/mol. The topological polar surface area (TPSA) is 6.48 Å². The Morgan fingerprint density at radius 2 is 0.870 bits per heavy atom. The Labute approximate surface area is 321 Å². The number of rotatable bonds is 4. The Hall–Kier alpha value is -5.80. The highest BCUT2D eigenvalue weighted by Crippen LogP contribution is 2.50. The molecule has 54 heavy (non-hydrogen) atoms. The molecule has 3 heteroatoms. The molecule has 0 amide bonds. The van der Waals surface area contributed by atoms with Gasteiger partial charge in [0.15, 0.2) is 0 Å². The lowest BCUT2D eigenvalue weighted by atomic mass is 9.33. The van der Waals surface area contributed by atoms with Crippen LogP contribution in [0.15, 0.2) is 158 Å². The third-order valence-corrected chi connectivity index (χ3v) is 11.4. The molecule has 7 aromatic carbocycles. The minimum atomic E-state index is -0.0196. The van der Waals surface area contributed by atoms with E-state index in [1.165, 1.54) is 89.5 Å². The van der Waals surface area contributed by atoms with E-state index in [2.05, 4.69) is 216 Å². The van der Waals surface area contributed by atoms with E-state index in [-0.39, 0.29) is 17.5 Å². The van der Waals surface area contributed by atoms with Crippen molar-refractivity contribution in [2.75, 3.05) is 9.80 Å². The van der Waals surface area contributed by atoms with Crippen LogP contribution in [-0.2, 0) is 10.8 Å². The van der Waals surface area contributed by atoms with Crippen LogP contribution in [0.25, 0.3) is 22.3 Å². The van der Waals surface area contributed by atoms with Crippen LogP contribution < -0.4 is 26.2 Å². The number of fused-ring (bicyclic) bond motifs is 4. The summed E-state index contributed by atoms with van der Waals surface area (Å²) in [6, 6.07) is 59.0. The molecule has 0 fully saturated rings. The van der Waals surface area contributed by atoms with E-state index >= 15 is 0 Å². The van der Waals surface area contributed by atoms with Gasteiger partial charge in [-0.05, 0) is 98.4 Å². The largest absolute Gasteiger partial charge is 0.311 e. The molecule has 0 unspecified atom stereocenters. The highest BCUT2D eigenvalue weighted by molar-refractivity contribution is 7.00. The molecule has 0 aliphatic carbocycles. The summed E-state index contributed by atoms with van der Waals surface area (Å²) in [5.74, 6) is 0. The van der Waals surface area contributed by atoms with Crippen LogP contribution >= 0.6 is 0 Å². The fraction of sp³-hybridized carbons (Fsp3) is 0.176. The minimum Gasteiger partial charge on any atom is -0.311 e. The number of aryl methyl sites for hydroxylation is 1. The Bertz CT molecular complexity index is 2470. The molecule has 0 aromatic heterocycles. The molecule has 0 saturated heterocycles. The zero-order valence-corrected chi connectivity index (χ0v) is 32.5. The first kappa shape index (κ1) is 34.0. The summed E-state index contributed by atoms with van der Waals surface area (Å²) in [4.78, 5) is 5.12. The van der Waals surface area contributed by atoms with Crippen molar-refractivity contribution in [3.05, 3.63) is 174 Å². The molecule has 9 rings (SSSR count). The van der Waals surface area contributed by atoms with Crippen LogP contribution in [0.1, 0.15) is 58.2 Å². The highest BCUT2D eigenvalue weighted by atomic mass is 15.2. The van der Waals surface area contributed by atoms with Gasteiger partial charge in [-0.2, -0.15) is 0 Å². The van der Waals surface area contributed by atoms with Gasteiger partial charge < -0.3 is 9.80 Å². The number of hydrogen-bond acceptors (Lipinski definition) is 2. The third-order valence-electron chi connectivity index (χ3n) is 11.4. The van der Waals surface area contributed by atoms with E-state index in [9.17, 15) is 0 Å². The molecule has 0 saturated carbocycles. The van der Waals surface area contributed by atoms with Crippen molar-refractivity contribution in [3.63, 3.8) is 0 Å². The van der Waals surface area contributed by atoms with Crippen LogP contribution in [0.4, 0.5) is 34.1 Å². The van der Waals surface area contributed by atoms with Crippen molar-refractivity contribution in [1.29, 1.82) is 0 Å². The smallest absolute Gasteiger partial charge is 0.252 e. The van der Waals surface area contributed by atoms with Gasteiger partial charge in [0.25, 0.3) is 6.71 Å². The molecule has 0 bridgehead atoms. The van der Waals surface area contributed by atoms with Gasteiger partial charge in [-0.3, -0.25) is 0 Å². The lowest BCUT2D eigenvalue weighted by molar-refractivity contribution is 0.590. The Kier molecular flexibility index (Phi) is 7.97. The van der Waals surface area contributed by atoms with E-state index in [1.807, 2.05) is 0 Å². The number of nitrogens with zero attached hydrogens (tertiary/aromatic N) is 2. The maximum Gasteiger partial charge on any atom is 0.252 e. The van der Waals surface area contributed by atoms with Crippen LogP contribution in [0.5, 0.6) is 0 Å². The minimum absolute atomic E-state index is 0.00100. The molecular formula is C51H47BN2. The van der Waals surface area contributed by atoms with Crippen molar-refractivity contribution in [2.24, 2.45) is 0 Å². The fourth-order valence-corrected chi connectivity index (χ4v) is 8.66. The summed E-state index contributed by atoms with van der Waals surface area (Å²) in [6.07, 6.45) is 0. The molecule has 2 heterocycles. The van der Waals surface area contributed by atoms with Crippen LogP contribution in [-0.4, -0.2) is 6.71 Å². The summed E-state index contributed by atoms with van der Waals surface area (Å²) in [6.45, 7) is 16.3. The second kappa shape index (κ2) is 12.7. The molecule has 0 N–H and O–H groups in total. The Morgan fingerprint density at radius 1 is 0.426 bits per heavy atom. The number of benzene rings is 7.